The van der Waals surface area contributed by atoms with E-state index in [0.29, 0.717) is 60.5 Å². The molecule has 0 radical (unpaired) electrons. The van der Waals surface area contributed by atoms with Crippen molar-refractivity contribution >= 4 is 17.4 Å². The van der Waals surface area contributed by atoms with Crippen LogP contribution < -0.4 is 14.2 Å². The molecule has 0 saturated carbocycles. The largest absolute Gasteiger partial charge is 0.507 e. The predicted molar refractivity (Wildman–Crippen MR) is 150 cm³/mol. The lowest BCUT2D eigenvalue weighted by Gasteiger charge is -2.26. The number of Topliss-reactive ketones (excluding diaryl/α,β-unsaturated/α-hetero) is 1. The third kappa shape index (κ3) is 7.53. The highest BCUT2D eigenvalue weighted by atomic mass is 16.5. The maximum Gasteiger partial charge on any atom is 0.295 e. The number of benzene rings is 2. The normalized spacial score (nSPS) is 16.7. The van der Waals surface area contributed by atoms with Crippen LogP contribution in [0.1, 0.15) is 63.6 Å². The molecule has 3 rings (SSSR count). The van der Waals surface area contributed by atoms with Gasteiger partial charge in [0.2, 0.25) is 0 Å². The van der Waals surface area contributed by atoms with Crippen LogP contribution in [0.4, 0.5) is 0 Å². The first-order valence-corrected chi connectivity index (χ1v) is 13.6. The maximum atomic E-state index is 13.3. The fraction of sp³-hybridized carbons (Fsp3) is 0.484. The van der Waals surface area contributed by atoms with E-state index in [-0.39, 0.29) is 17.9 Å². The number of unbranched alkanes of at least 4 members (excludes halogenated alkanes) is 1. The Bertz CT molecular complexity index is 1160. The summed E-state index contributed by atoms with van der Waals surface area (Å²) in [6.45, 7) is 8.15. The first kappa shape index (κ1) is 30.0. The van der Waals surface area contributed by atoms with E-state index < -0.39 is 17.7 Å². The summed E-state index contributed by atoms with van der Waals surface area (Å²) in [5.74, 6) is 0.512. The monoisotopic (exact) mass is 539 g/mol. The standard InChI is InChI=1S/C31H41NO7/c1-6-7-17-38-24-11-8-10-23(19-24)29(33)27-28(32(15-9-16-36-4)31(35)30(27)34)22-12-13-25(26(20-22)37-5)39-18-14-21(2)3/h8,10-13,19-21,28,33H,6-7,9,14-18H2,1-5H3/b29-27+. The number of ether oxygens (including phenoxy) is 4. The van der Waals surface area contributed by atoms with Gasteiger partial charge in [0.1, 0.15) is 11.5 Å². The van der Waals surface area contributed by atoms with Crippen molar-refractivity contribution in [3.63, 3.8) is 0 Å². The summed E-state index contributed by atoms with van der Waals surface area (Å²) in [6.07, 6.45) is 3.33. The smallest absolute Gasteiger partial charge is 0.295 e. The van der Waals surface area contributed by atoms with Gasteiger partial charge in [-0.15, -0.1) is 0 Å². The van der Waals surface area contributed by atoms with Crippen molar-refractivity contribution in [1.82, 2.24) is 4.90 Å². The van der Waals surface area contributed by atoms with E-state index >= 15 is 0 Å². The third-order valence-electron chi connectivity index (χ3n) is 6.62. The highest BCUT2D eigenvalue weighted by Crippen LogP contribution is 2.42. The Morgan fingerprint density at radius 2 is 1.77 bits per heavy atom. The average molecular weight is 540 g/mol. The molecule has 0 aromatic heterocycles. The topological polar surface area (TPSA) is 94.5 Å². The van der Waals surface area contributed by atoms with Crippen molar-refractivity contribution in [2.75, 3.05) is 40.6 Å². The molecule has 1 unspecified atom stereocenters. The van der Waals surface area contributed by atoms with Gasteiger partial charge in [-0.05, 0) is 55.0 Å². The van der Waals surface area contributed by atoms with Crippen molar-refractivity contribution < 1.29 is 33.6 Å². The Hall–Kier alpha value is -3.52. The van der Waals surface area contributed by atoms with Gasteiger partial charge in [-0.2, -0.15) is 0 Å². The second-order valence-electron chi connectivity index (χ2n) is 10.0. The molecule has 1 aliphatic heterocycles. The number of hydrogen-bond donors (Lipinski definition) is 1. The second kappa shape index (κ2) is 14.6. The molecule has 1 saturated heterocycles. The number of methoxy groups -OCH3 is 2. The summed E-state index contributed by atoms with van der Waals surface area (Å²) in [5, 5.41) is 11.4. The van der Waals surface area contributed by atoms with E-state index in [1.165, 1.54) is 4.90 Å². The van der Waals surface area contributed by atoms with Crippen LogP contribution >= 0.6 is 0 Å². The maximum absolute atomic E-state index is 13.3. The molecule has 39 heavy (non-hydrogen) atoms. The number of aliphatic hydroxyl groups is 1. The summed E-state index contributed by atoms with van der Waals surface area (Å²) in [5.41, 5.74) is 1.07. The highest BCUT2D eigenvalue weighted by Gasteiger charge is 2.46. The zero-order valence-electron chi connectivity index (χ0n) is 23.7. The minimum atomic E-state index is -0.801. The Labute approximate surface area is 231 Å². The molecular weight excluding hydrogens is 498 g/mol. The summed E-state index contributed by atoms with van der Waals surface area (Å²) in [4.78, 5) is 28.0. The van der Waals surface area contributed by atoms with Crippen LogP contribution in [0, 0.1) is 5.92 Å². The molecule has 1 N–H and O–H groups in total. The van der Waals surface area contributed by atoms with Crippen LogP contribution in [0.25, 0.3) is 5.76 Å². The zero-order chi connectivity index (χ0) is 28.4. The fourth-order valence-electron chi connectivity index (χ4n) is 4.44. The van der Waals surface area contributed by atoms with E-state index in [0.717, 1.165) is 19.3 Å². The lowest BCUT2D eigenvalue weighted by molar-refractivity contribution is -0.140. The molecule has 0 aliphatic carbocycles. The number of ketones is 1. The van der Waals surface area contributed by atoms with E-state index in [9.17, 15) is 14.7 Å². The van der Waals surface area contributed by atoms with Crippen molar-refractivity contribution in [2.24, 2.45) is 5.92 Å². The van der Waals surface area contributed by atoms with Gasteiger partial charge in [0.15, 0.2) is 11.5 Å². The van der Waals surface area contributed by atoms with E-state index in [1.54, 1.807) is 50.6 Å². The molecule has 1 fully saturated rings. The van der Waals surface area contributed by atoms with Crippen LogP contribution in [-0.2, 0) is 14.3 Å². The molecule has 8 heteroatoms. The molecule has 2 aromatic carbocycles. The van der Waals surface area contributed by atoms with E-state index in [1.807, 2.05) is 6.07 Å². The molecule has 1 aliphatic rings. The zero-order valence-corrected chi connectivity index (χ0v) is 23.7. The fourth-order valence-corrected chi connectivity index (χ4v) is 4.44. The van der Waals surface area contributed by atoms with Gasteiger partial charge in [0.25, 0.3) is 11.7 Å². The third-order valence-corrected chi connectivity index (χ3v) is 6.62. The number of carbonyl (C=O) groups is 2. The van der Waals surface area contributed by atoms with E-state index in [4.69, 9.17) is 18.9 Å². The molecule has 212 valence electrons. The van der Waals surface area contributed by atoms with Crippen LogP contribution in [0.3, 0.4) is 0 Å². The minimum absolute atomic E-state index is 0.0265. The predicted octanol–water partition coefficient (Wildman–Crippen LogP) is 5.76. The lowest BCUT2D eigenvalue weighted by atomic mass is 9.95. The Morgan fingerprint density at radius 3 is 2.46 bits per heavy atom. The summed E-state index contributed by atoms with van der Waals surface area (Å²) >= 11 is 0. The van der Waals surface area contributed by atoms with Gasteiger partial charge in [0, 0.05) is 25.8 Å². The average Bonchev–Trinajstić information content (AvgIpc) is 3.18. The van der Waals surface area contributed by atoms with Gasteiger partial charge in [0.05, 0.1) is 31.9 Å². The van der Waals surface area contributed by atoms with Gasteiger partial charge in [-0.25, -0.2) is 0 Å². The molecule has 1 heterocycles. The Kier molecular flexibility index (Phi) is 11.2. The van der Waals surface area contributed by atoms with Crippen LogP contribution in [0.5, 0.6) is 17.2 Å². The number of rotatable bonds is 15. The SMILES string of the molecule is CCCCOc1cccc(/C(O)=C2\C(=O)C(=O)N(CCCOC)C2c2ccc(OCCC(C)C)c(OC)c2)c1. The van der Waals surface area contributed by atoms with Crippen LogP contribution in [0.15, 0.2) is 48.0 Å². The highest BCUT2D eigenvalue weighted by molar-refractivity contribution is 6.46. The quantitative estimate of drug-likeness (QED) is 0.133. The first-order chi connectivity index (χ1) is 18.8. The molecular formula is C31H41NO7. The number of aliphatic hydroxyl groups excluding tert-OH is 1. The number of nitrogens with zero attached hydrogens (tertiary/aromatic N) is 1. The minimum Gasteiger partial charge on any atom is -0.507 e. The van der Waals surface area contributed by atoms with Crippen molar-refractivity contribution in [3.8, 4) is 17.2 Å². The summed E-state index contributed by atoms with van der Waals surface area (Å²) in [7, 11) is 3.14. The second-order valence-corrected chi connectivity index (χ2v) is 10.0. The summed E-state index contributed by atoms with van der Waals surface area (Å²) in [6, 6.07) is 11.5. The van der Waals surface area contributed by atoms with E-state index in [2.05, 4.69) is 20.8 Å². The molecule has 0 spiro atoms. The lowest BCUT2D eigenvalue weighted by Crippen LogP contribution is -2.31. The Morgan fingerprint density at radius 1 is 0.974 bits per heavy atom. The number of hydrogen-bond acceptors (Lipinski definition) is 7. The molecule has 1 atom stereocenters. The molecule has 8 nitrogen and oxygen atoms in total. The van der Waals surface area contributed by atoms with Crippen molar-refractivity contribution in [2.45, 2.75) is 52.5 Å². The van der Waals surface area contributed by atoms with Crippen molar-refractivity contribution in [1.29, 1.82) is 0 Å². The number of likely N-dealkylation sites (tertiary alicyclic amines) is 1. The molecule has 2 aromatic rings. The van der Waals surface area contributed by atoms with Gasteiger partial charge in [-0.1, -0.05) is 45.4 Å². The molecule has 1 amide bonds. The van der Waals surface area contributed by atoms with Gasteiger partial charge < -0.3 is 29.0 Å². The summed E-state index contributed by atoms with van der Waals surface area (Å²) < 4.78 is 22.5. The van der Waals surface area contributed by atoms with Gasteiger partial charge in [-0.3, -0.25) is 9.59 Å². The number of amides is 1. The van der Waals surface area contributed by atoms with Gasteiger partial charge >= 0.3 is 0 Å². The van der Waals surface area contributed by atoms with Crippen molar-refractivity contribution in [3.05, 3.63) is 59.2 Å². The van der Waals surface area contributed by atoms with Crippen LogP contribution in [-0.4, -0.2) is 62.3 Å². The first-order valence-electron chi connectivity index (χ1n) is 13.6. The molecule has 0 bridgehead atoms. The van der Waals surface area contributed by atoms with Crippen LogP contribution in [0.2, 0.25) is 0 Å². The Balaban J connectivity index is 2.04. The number of carbonyl (C=O) groups excluding carboxylic acids is 2.